The fourth-order valence-corrected chi connectivity index (χ4v) is 3.69. The van der Waals surface area contributed by atoms with E-state index in [2.05, 4.69) is 5.32 Å². The van der Waals surface area contributed by atoms with Crippen molar-refractivity contribution in [2.24, 2.45) is 0 Å². The zero-order valence-electron chi connectivity index (χ0n) is 11.7. The van der Waals surface area contributed by atoms with Crippen LogP contribution in [-0.4, -0.2) is 38.5 Å². The SMILES string of the molecule is Nc1cccc(OCCC(=O)NC2CCS(=O)(=O)CC2)c1. The van der Waals surface area contributed by atoms with Crippen molar-refractivity contribution in [3.63, 3.8) is 0 Å². The number of hydrogen-bond donors (Lipinski definition) is 2. The quantitative estimate of drug-likeness (QED) is 0.781. The summed E-state index contributed by atoms with van der Waals surface area (Å²) in [5.74, 6) is 0.810. The third kappa shape index (κ3) is 5.26. The molecule has 1 aliphatic rings. The number of hydrogen-bond acceptors (Lipinski definition) is 5. The first-order valence-electron chi connectivity index (χ1n) is 6.93. The van der Waals surface area contributed by atoms with Gasteiger partial charge in [-0.15, -0.1) is 0 Å². The number of amides is 1. The van der Waals surface area contributed by atoms with Gasteiger partial charge in [0.2, 0.25) is 5.91 Å². The lowest BCUT2D eigenvalue weighted by Crippen LogP contribution is -2.41. The first-order valence-corrected chi connectivity index (χ1v) is 8.75. The maximum atomic E-state index is 11.8. The maximum absolute atomic E-state index is 11.8. The second-order valence-electron chi connectivity index (χ2n) is 5.16. The van der Waals surface area contributed by atoms with Crippen molar-refractivity contribution in [3.8, 4) is 5.75 Å². The maximum Gasteiger partial charge on any atom is 0.223 e. The highest BCUT2D eigenvalue weighted by Crippen LogP contribution is 2.15. The summed E-state index contributed by atoms with van der Waals surface area (Å²) in [6.07, 6.45) is 1.21. The largest absolute Gasteiger partial charge is 0.493 e. The average Bonchev–Trinajstić information content (AvgIpc) is 2.41. The fourth-order valence-electron chi connectivity index (χ4n) is 2.20. The highest BCUT2D eigenvalue weighted by Gasteiger charge is 2.24. The van der Waals surface area contributed by atoms with Gasteiger partial charge in [-0.05, 0) is 25.0 Å². The number of ether oxygens (including phenoxy) is 1. The zero-order chi connectivity index (χ0) is 15.3. The molecule has 0 aliphatic carbocycles. The van der Waals surface area contributed by atoms with Crippen LogP contribution >= 0.6 is 0 Å². The Morgan fingerprint density at radius 3 is 2.71 bits per heavy atom. The molecule has 0 spiro atoms. The second kappa shape index (κ2) is 6.80. The van der Waals surface area contributed by atoms with Crippen LogP contribution in [0.2, 0.25) is 0 Å². The Balaban J connectivity index is 1.68. The third-order valence-corrected chi connectivity index (χ3v) is 5.09. The van der Waals surface area contributed by atoms with Gasteiger partial charge in [0.1, 0.15) is 15.6 Å². The molecule has 3 N–H and O–H groups in total. The fraction of sp³-hybridized carbons (Fsp3) is 0.500. The zero-order valence-corrected chi connectivity index (χ0v) is 12.6. The topological polar surface area (TPSA) is 98.5 Å². The number of nitrogens with two attached hydrogens (primary N) is 1. The van der Waals surface area contributed by atoms with E-state index < -0.39 is 9.84 Å². The smallest absolute Gasteiger partial charge is 0.223 e. The van der Waals surface area contributed by atoms with Crippen molar-refractivity contribution >= 4 is 21.4 Å². The Labute approximate surface area is 124 Å². The van der Waals surface area contributed by atoms with Gasteiger partial charge in [-0.1, -0.05) is 6.07 Å². The lowest BCUT2D eigenvalue weighted by atomic mass is 10.1. The van der Waals surface area contributed by atoms with Gasteiger partial charge >= 0.3 is 0 Å². The molecule has 21 heavy (non-hydrogen) atoms. The molecule has 1 aliphatic heterocycles. The third-order valence-electron chi connectivity index (χ3n) is 3.38. The Kier molecular flexibility index (Phi) is 5.06. The summed E-state index contributed by atoms with van der Waals surface area (Å²) in [4.78, 5) is 11.8. The van der Waals surface area contributed by atoms with Crippen LogP contribution in [0.1, 0.15) is 19.3 Å². The van der Waals surface area contributed by atoms with Crippen LogP contribution in [0.5, 0.6) is 5.75 Å². The molecular weight excluding hydrogens is 292 g/mol. The number of nitrogens with one attached hydrogen (secondary N) is 1. The van der Waals surface area contributed by atoms with E-state index in [1.54, 1.807) is 24.3 Å². The molecule has 0 unspecified atom stereocenters. The number of anilines is 1. The van der Waals surface area contributed by atoms with Gasteiger partial charge < -0.3 is 15.8 Å². The molecule has 6 nitrogen and oxygen atoms in total. The molecule has 116 valence electrons. The van der Waals surface area contributed by atoms with Crippen LogP contribution in [0, 0.1) is 0 Å². The van der Waals surface area contributed by atoms with Crippen LogP contribution < -0.4 is 15.8 Å². The predicted octanol–water partition coefficient (Wildman–Crippen LogP) is 0.731. The number of carbonyl (C=O) groups is 1. The first-order chi connectivity index (χ1) is 9.94. The molecule has 0 atom stereocenters. The molecule has 0 bridgehead atoms. The van der Waals surface area contributed by atoms with Crippen LogP contribution in [-0.2, 0) is 14.6 Å². The van der Waals surface area contributed by atoms with E-state index in [0.717, 1.165) is 0 Å². The van der Waals surface area contributed by atoms with Gasteiger partial charge in [0.15, 0.2) is 0 Å². The molecular formula is C14H20N2O4S. The Morgan fingerprint density at radius 1 is 1.33 bits per heavy atom. The van der Waals surface area contributed by atoms with E-state index in [-0.39, 0.29) is 36.5 Å². The van der Waals surface area contributed by atoms with Crippen molar-refractivity contribution < 1.29 is 17.9 Å². The number of benzene rings is 1. The lowest BCUT2D eigenvalue weighted by molar-refractivity contribution is -0.122. The summed E-state index contributed by atoms with van der Waals surface area (Å²) in [6.45, 7) is 0.264. The Morgan fingerprint density at radius 2 is 2.05 bits per heavy atom. The van der Waals surface area contributed by atoms with Crippen molar-refractivity contribution in [1.29, 1.82) is 0 Å². The van der Waals surface area contributed by atoms with Crippen LogP contribution in [0.25, 0.3) is 0 Å². The molecule has 1 heterocycles. The first kappa shape index (κ1) is 15.6. The van der Waals surface area contributed by atoms with Gasteiger partial charge in [-0.3, -0.25) is 4.79 Å². The van der Waals surface area contributed by atoms with Gasteiger partial charge in [0.05, 0.1) is 24.5 Å². The number of rotatable bonds is 5. The molecule has 1 aromatic rings. The molecule has 0 radical (unpaired) electrons. The van der Waals surface area contributed by atoms with Gasteiger partial charge in [-0.25, -0.2) is 8.42 Å². The van der Waals surface area contributed by atoms with Gasteiger partial charge in [0, 0.05) is 17.8 Å². The molecule has 0 saturated carbocycles. The number of carbonyl (C=O) groups excluding carboxylic acids is 1. The number of nitrogen functional groups attached to an aromatic ring is 1. The van der Waals surface area contributed by atoms with Crippen LogP contribution in [0.15, 0.2) is 24.3 Å². The lowest BCUT2D eigenvalue weighted by Gasteiger charge is -2.23. The monoisotopic (exact) mass is 312 g/mol. The highest BCUT2D eigenvalue weighted by molar-refractivity contribution is 7.91. The van der Waals surface area contributed by atoms with Crippen molar-refractivity contribution in [2.75, 3.05) is 23.8 Å². The molecule has 1 saturated heterocycles. The summed E-state index contributed by atoms with van der Waals surface area (Å²) in [5.41, 5.74) is 6.24. The highest BCUT2D eigenvalue weighted by atomic mass is 32.2. The van der Waals surface area contributed by atoms with Crippen LogP contribution in [0.3, 0.4) is 0 Å². The van der Waals surface area contributed by atoms with E-state index >= 15 is 0 Å². The average molecular weight is 312 g/mol. The van der Waals surface area contributed by atoms with Gasteiger partial charge in [-0.2, -0.15) is 0 Å². The minimum absolute atomic E-state index is 0.0478. The van der Waals surface area contributed by atoms with E-state index in [1.807, 2.05) is 0 Å². The van der Waals surface area contributed by atoms with Crippen molar-refractivity contribution in [1.82, 2.24) is 5.32 Å². The molecule has 0 aromatic heterocycles. The minimum atomic E-state index is -2.90. The summed E-state index contributed by atoms with van der Waals surface area (Å²) in [5, 5.41) is 2.85. The molecule has 1 aromatic carbocycles. The van der Waals surface area contributed by atoms with Gasteiger partial charge in [0.25, 0.3) is 0 Å². The summed E-state index contributed by atoms with van der Waals surface area (Å²) >= 11 is 0. The van der Waals surface area contributed by atoms with E-state index in [9.17, 15) is 13.2 Å². The Hall–Kier alpha value is -1.76. The standard InChI is InChI=1S/C14H20N2O4S/c15-11-2-1-3-13(10-11)20-7-4-14(17)16-12-5-8-21(18,19)9-6-12/h1-3,10,12H,4-9,15H2,(H,16,17). The molecule has 2 rings (SSSR count). The summed E-state index contributed by atoms with van der Waals surface area (Å²) in [7, 11) is -2.90. The van der Waals surface area contributed by atoms with Crippen molar-refractivity contribution in [3.05, 3.63) is 24.3 Å². The van der Waals surface area contributed by atoms with Crippen molar-refractivity contribution in [2.45, 2.75) is 25.3 Å². The molecule has 7 heteroatoms. The summed E-state index contributed by atoms with van der Waals surface area (Å²) in [6, 6.07) is 6.97. The number of sulfone groups is 1. The normalized spacial score (nSPS) is 18.1. The minimum Gasteiger partial charge on any atom is -0.493 e. The second-order valence-corrected chi connectivity index (χ2v) is 7.47. The van der Waals surface area contributed by atoms with E-state index in [4.69, 9.17) is 10.5 Å². The van der Waals surface area contributed by atoms with Crippen LogP contribution in [0.4, 0.5) is 5.69 Å². The van der Waals surface area contributed by atoms with E-state index in [0.29, 0.717) is 24.3 Å². The predicted molar refractivity (Wildman–Crippen MR) is 80.8 cm³/mol. The molecule has 1 amide bonds. The van der Waals surface area contributed by atoms with E-state index in [1.165, 1.54) is 0 Å². The Bertz CT molecular complexity index is 587. The summed E-state index contributed by atoms with van der Waals surface area (Å²) < 4.78 is 28.0. The molecule has 1 fully saturated rings.